The van der Waals surface area contributed by atoms with Crippen molar-refractivity contribution in [1.82, 2.24) is 5.32 Å². The van der Waals surface area contributed by atoms with Crippen LogP contribution in [0.5, 0.6) is 0 Å². The van der Waals surface area contributed by atoms with Gasteiger partial charge >= 0.3 is 0 Å². The van der Waals surface area contributed by atoms with Gasteiger partial charge in [-0.2, -0.15) is 0 Å². The highest BCUT2D eigenvalue weighted by atomic mass is 35.5. The number of rotatable bonds is 3. The van der Waals surface area contributed by atoms with Crippen LogP contribution in [0.15, 0.2) is 18.2 Å². The molecule has 1 aromatic carbocycles. The molecule has 1 heterocycles. The molecule has 2 rings (SSSR count). The summed E-state index contributed by atoms with van der Waals surface area (Å²) in [5.74, 6) is 0. The topological polar surface area (TPSA) is 27.3 Å². The summed E-state index contributed by atoms with van der Waals surface area (Å²) in [5, 5.41) is 7.67. The van der Waals surface area contributed by atoms with Crippen LogP contribution >= 0.6 is 23.8 Å². The normalized spacial score (nSPS) is 14.7. The van der Waals surface area contributed by atoms with Crippen LogP contribution in [0.1, 0.15) is 19.8 Å². The van der Waals surface area contributed by atoms with E-state index in [4.69, 9.17) is 23.8 Å². The molecular formula is C13H18ClN3S. The van der Waals surface area contributed by atoms with Crippen molar-refractivity contribution >= 4 is 40.3 Å². The monoisotopic (exact) mass is 283 g/mol. The third-order valence-corrected chi connectivity index (χ3v) is 3.47. The number of hydrogen-bond acceptors (Lipinski definition) is 2. The number of nitrogens with one attached hydrogen (secondary N) is 2. The van der Waals surface area contributed by atoms with Crippen molar-refractivity contribution in [2.24, 2.45) is 0 Å². The van der Waals surface area contributed by atoms with Gasteiger partial charge in [-0.15, -0.1) is 0 Å². The number of hydrogen-bond donors (Lipinski definition) is 2. The van der Waals surface area contributed by atoms with Crippen molar-refractivity contribution in [1.29, 1.82) is 0 Å². The van der Waals surface area contributed by atoms with Crippen LogP contribution in [0.2, 0.25) is 5.02 Å². The summed E-state index contributed by atoms with van der Waals surface area (Å²) in [7, 11) is 0. The van der Waals surface area contributed by atoms with Crippen molar-refractivity contribution < 1.29 is 0 Å². The summed E-state index contributed by atoms with van der Waals surface area (Å²) in [6.07, 6.45) is 2.50. The Labute approximate surface area is 119 Å². The summed E-state index contributed by atoms with van der Waals surface area (Å²) < 4.78 is 0. The summed E-state index contributed by atoms with van der Waals surface area (Å²) in [6, 6.07) is 5.92. The molecule has 1 aromatic rings. The molecule has 0 atom stereocenters. The van der Waals surface area contributed by atoms with Crippen molar-refractivity contribution in [2.45, 2.75) is 19.8 Å². The standard InChI is InChI=1S/C13H18ClN3S/c1-2-15-13(18)16-11-9-10(14)5-6-12(11)17-7-3-4-8-17/h5-6,9H,2-4,7-8H2,1H3,(H2,15,16,18). The summed E-state index contributed by atoms with van der Waals surface area (Å²) in [4.78, 5) is 2.37. The Morgan fingerprint density at radius 3 is 2.78 bits per heavy atom. The third kappa shape index (κ3) is 3.27. The number of anilines is 2. The molecule has 0 aliphatic carbocycles. The molecule has 98 valence electrons. The highest BCUT2D eigenvalue weighted by Gasteiger charge is 2.16. The fourth-order valence-electron chi connectivity index (χ4n) is 2.17. The zero-order chi connectivity index (χ0) is 13.0. The van der Waals surface area contributed by atoms with Gasteiger partial charge in [0, 0.05) is 24.7 Å². The Morgan fingerprint density at radius 1 is 1.39 bits per heavy atom. The Hall–Kier alpha value is -1.00. The first-order valence-electron chi connectivity index (χ1n) is 6.30. The second-order valence-electron chi connectivity index (χ2n) is 4.34. The lowest BCUT2D eigenvalue weighted by Crippen LogP contribution is -2.29. The van der Waals surface area contributed by atoms with Crippen LogP contribution in [-0.4, -0.2) is 24.7 Å². The first-order chi connectivity index (χ1) is 8.70. The zero-order valence-electron chi connectivity index (χ0n) is 10.5. The van der Waals surface area contributed by atoms with Crippen LogP contribution < -0.4 is 15.5 Å². The fourth-order valence-corrected chi connectivity index (χ4v) is 2.60. The maximum Gasteiger partial charge on any atom is 0.170 e. The minimum Gasteiger partial charge on any atom is -0.370 e. The van der Waals surface area contributed by atoms with Crippen LogP contribution in [0.25, 0.3) is 0 Å². The second kappa shape index (κ2) is 6.25. The zero-order valence-corrected chi connectivity index (χ0v) is 12.1. The molecule has 5 heteroatoms. The minimum absolute atomic E-state index is 0.639. The maximum absolute atomic E-state index is 6.06. The number of nitrogens with zero attached hydrogens (tertiary/aromatic N) is 1. The molecule has 18 heavy (non-hydrogen) atoms. The van der Waals surface area contributed by atoms with Gasteiger partial charge in [-0.3, -0.25) is 0 Å². The SMILES string of the molecule is CCNC(=S)Nc1cc(Cl)ccc1N1CCCC1. The van der Waals surface area contributed by atoms with E-state index in [0.717, 1.165) is 30.3 Å². The molecule has 0 aromatic heterocycles. The van der Waals surface area contributed by atoms with Crippen LogP contribution in [0.4, 0.5) is 11.4 Å². The van der Waals surface area contributed by atoms with Crippen LogP contribution in [-0.2, 0) is 0 Å². The number of halogens is 1. The highest BCUT2D eigenvalue weighted by molar-refractivity contribution is 7.80. The lowest BCUT2D eigenvalue weighted by atomic mass is 10.2. The van der Waals surface area contributed by atoms with E-state index in [2.05, 4.69) is 21.6 Å². The van der Waals surface area contributed by atoms with Gasteiger partial charge in [0.25, 0.3) is 0 Å². The summed E-state index contributed by atoms with van der Waals surface area (Å²) in [5.41, 5.74) is 2.16. The molecule has 0 bridgehead atoms. The van der Waals surface area contributed by atoms with Gasteiger partial charge in [0.2, 0.25) is 0 Å². The summed E-state index contributed by atoms with van der Waals surface area (Å²) in [6.45, 7) is 5.04. The molecule has 0 unspecified atom stereocenters. The molecule has 3 nitrogen and oxygen atoms in total. The van der Waals surface area contributed by atoms with Crippen molar-refractivity contribution in [2.75, 3.05) is 29.9 Å². The Bertz CT molecular complexity index is 430. The fraction of sp³-hybridized carbons (Fsp3) is 0.462. The van der Waals surface area contributed by atoms with Gasteiger partial charge in [0.15, 0.2) is 5.11 Å². The van der Waals surface area contributed by atoms with E-state index in [1.165, 1.54) is 18.5 Å². The first kappa shape index (κ1) is 13.4. The molecule has 0 radical (unpaired) electrons. The second-order valence-corrected chi connectivity index (χ2v) is 5.18. The van der Waals surface area contributed by atoms with Crippen LogP contribution in [0.3, 0.4) is 0 Å². The third-order valence-electron chi connectivity index (χ3n) is 2.99. The van der Waals surface area contributed by atoms with Gasteiger partial charge in [-0.1, -0.05) is 11.6 Å². The Kier molecular flexibility index (Phi) is 4.66. The lowest BCUT2D eigenvalue weighted by Gasteiger charge is -2.22. The number of thiocarbonyl (C=S) groups is 1. The number of benzene rings is 1. The molecule has 1 aliphatic heterocycles. The van der Waals surface area contributed by atoms with E-state index in [1.54, 1.807) is 0 Å². The average molecular weight is 284 g/mol. The molecule has 2 N–H and O–H groups in total. The Balaban J connectivity index is 2.20. The predicted molar refractivity (Wildman–Crippen MR) is 82.8 cm³/mol. The molecular weight excluding hydrogens is 266 g/mol. The molecule has 0 amide bonds. The van der Waals surface area contributed by atoms with E-state index in [9.17, 15) is 0 Å². The van der Waals surface area contributed by atoms with Gasteiger partial charge in [-0.05, 0) is 50.2 Å². The minimum atomic E-state index is 0.639. The Morgan fingerprint density at radius 2 is 2.11 bits per heavy atom. The van der Waals surface area contributed by atoms with Gasteiger partial charge in [0.05, 0.1) is 11.4 Å². The first-order valence-corrected chi connectivity index (χ1v) is 7.08. The molecule has 1 fully saturated rings. The maximum atomic E-state index is 6.06. The van der Waals surface area contributed by atoms with Crippen LogP contribution in [0, 0.1) is 0 Å². The van der Waals surface area contributed by atoms with Gasteiger partial charge in [0.1, 0.15) is 0 Å². The molecule has 1 saturated heterocycles. The van der Waals surface area contributed by atoms with Crippen molar-refractivity contribution in [3.8, 4) is 0 Å². The molecule has 1 aliphatic rings. The van der Waals surface area contributed by atoms with E-state index in [0.29, 0.717) is 5.11 Å². The molecule has 0 saturated carbocycles. The summed E-state index contributed by atoms with van der Waals surface area (Å²) >= 11 is 11.3. The van der Waals surface area contributed by atoms with E-state index in [-0.39, 0.29) is 0 Å². The average Bonchev–Trinajstić information content (AvgIpc) is 2.83. The van der Waals surface area contributed by atoms with Gasteiger partial charge in [-0.25, -0.2) is 0 Å². The van der Waals surface area contributed by atoms with E-state index < -0.39 is 0 Å². The van der Waals surface area contributed by atoms with E-state index >= 15 is 0 Å². The molecule has 0 spiro atoms. The van der Waals surface area contributed by atoms with E-state index in [1.807, 2.05) is 19.1 Å². The highest BCUT2D eigenvalue weighted by Crippen LogP contribution is 2.31. The van der Waals surface area contributed by atoms with Crippen molar-refractivity contribution in [3.63, 3.8) is 0 Å². The van der Waals surface area contributed by atoms with Crippen molar-refractivity contribution in [3.05, 3.63) is 23.2 Å². The van der Waals surface area contributed by atoms with Gasteiger partial charge < -0.3 is 15.5 Å². The lowest BCUT2D eigenvalue weighted by molar-refractivity contribution is 0.949. The quantitative estimate of drug-likeness (QED) is 0.833. The predicted octanol–water partition coefficient (Wildman–Crippen LogP) is 3.25. The largest absolute Gasteiger partial charge is 0.370 e. The smallest absolute Gasteiger partial charge is 0.170 e.